The van der Waals surface area contributed by atoms with Crippen LogP contribution in [-0.4, -0.2) is 51.9 Å². The summed E-state index contributed by atoms with van der Waals surface area (Å²) in [6.45, 7) is 4.65. The first kappa shape index (κ1) is 16.9. The minimum Gasteiger partial charge on any atom is -0.346 e. The summed E-state index contributed by atoms with van der Waals surface area (Å²) in [5.41, 5.74) is 1.57. The van der Waals surface area contributed by atoms with Gasteiger partial charge in [-0.15, -0.1) is 0 Å². The number of likely N-dealkylation sites (tertiary alicyclic amines) is 1. The first-order chi connectivity index (χ1) is 13.3. The maximum absolute atomic E-state index is 12.0. The molecule has 0 saturated carbocycles. The summed E-state index contributed by atoms with van der Waals surface area (Å²) in [7, 11) is 0. The van der Waals surface area contributed by atoms with Crippen molar-refractivity contribution < 1.29 is 0 Å². The highest BCUT2D eigenvalue weighted by atomic mass is 32.1. The SMILES string of the molecule is O=c1cccnn1-c1ccc2sc(N3CCC(N4CCCCC4)C3)nc2c1. The Morgan fingerprint density at radius 3 is 2.81 bits per heavy atom. The lowest BCUT2D eigenvalue weighted by molar-refractivity contribution is 0.175. The van der Waals surface area contributed by atoms with Crippen LogP contribution in [0.2, 0.25) is 0 Å². The molecule has 2 aromatic heterocycles. The highest BCUT2D eigenvalue weighted by molar-refractivity contribution is 7.22. The zero-order chi connectivity index (χ0) is 18.2. The van der Waals surface area contributed by atoms with E-state index in [2.05, 4.69) is 14.9 Å². The Hall–Kier alpha value is -2.25. The maximum atomic E-state index is 12.0. The molecule has 0 spiro atoms. The van der Waals surface area contributed by atoms with E-state index in [-0.39, 0.29) is 5.56 Å². The van der Waals surface area contributed by atoms with E-state index in [1.807, 2.05) is 18.2 Å². The van der Waals surface area contributed by atoms with Crippen molar-refractivity contribution in [1.82, 2.24) is 19.7 Å². The fraction of sp³-hybridized carbons (Fsp3) is 0.450. The summed E-state index contributed by atoms with van der Waals surface area (Å²) in [6, 6.07) is 9.80. The summed E-state index contributed by atoms with van der Waals surface area (Å²) >= 11 is 1.74. The number of hydrogen-bond donors (Lipinski definition) is 0. The van der Waals surface area contributed by atoms with E-state index >= 15 is 0 Å². The number of rotatable bonds is 3. The lowest BCUT2D eigenvalue weighted by Gasteiger charge is -2.32. The van der Waals surface area contributed by atoms with Gasteiger partial charge in [-0.05, 0) is 56.6 Å². The molecule has 2 aliphatic heterocycles. The smallest absolute Gasteiger partial charge is 0.271 e. The second-order valence-corrected chi connectivity index (χ2v) is 8.42. The molecule has 6 nitrogen and oxygen atoms in total. The van der Waals surface area contributed by atoms with Crippen molar-refractivity contribution in [2.45, 2.75) is 31.7 Å². The van der Waals surface area contributed by atoms with Gasteiger partial charge < -0.3 is 4.90 Å². The average Bonchev–Trinajstić information content (AvgIpc) is 3.35. The molecule has 0 bridgehead atoms. The molecule has 0 amide bonds. The fourth-order valence-corrected chi connectivity index (χ4v) is 5.20. The first-order valence-corrected chi connectivity index (χ1v) is 10.5. The number of hydrogen-bond acceptors (Lipinski definition) is 6. The van der Waals surface area contributed by atoms with Gasteiger partial charge in [-0.25, -0.2) is 4.98 Å². The van der Waals surface area contributed by atoms with Crippen molar-refractivity contribution >= 4 is 26.7 Å². The Balaban J connectivity index is 1.39. The molecule has 1 unspecified atom stereocenters. The van der Waals surface area contributed by atoms with Crippen LogP contribution in [0.3, 0.4) is 0 Å². The van der Waals surface area contributed by atoms with Crippen LogP contribution in [0.1, 0.15) is 25.7 Å². The quantitative estimate of drug-likeness (QED) is 0.698. The molecule has 2 fully saturated rings. The third-order valence-corrected chi connectivity index (χ3v) is 6.76. The summed E-state index contributed by atoms with van der Waals surface area (Å²) in [5, 5.41) is 5.26. The van der Waals surface area contributed by atoms with Gasteiger partial charge in [0.15, 0.2) is 5.13 Å². The van der Waals surface area contributed by atoms with Gasteiger partial charge >= 0.3 is 0 Å². The van der Waals surface area contributed by atoms with Crippen LogP contribution in [-0.2, 0) is 0 Å². The van der Waals surface area contributed by atoms with Crippen molar-refractivity contribution in [1.29, 1.82) is 0 Å². The first-order valence-electron chi connectivity index (χ1n) is 9.72. The number of anilines is 1. The zero-order valence-electron chi connectivity index (χ0n) is 15.3. The second-order valence-electron chi connectivity index (χ2n) is 7.41. The predicted molar refractivity (Wildman–Crippen MR) is 109 cm³/mol. The van der Waals surface area contributed by atoms with Gasteiger partial charge in [0.2, 0.25) is 0 Å². The lowest BCUT2D eigenvalue weighted by atomic mass is 10.1. The largest absolute Gasteiger partial charge is 0.346 e. The highest BCUT2D eigenvalue weighted by Crippen LogP contribution is 2.33. The van der Waals surface area contributed by atoms with Gasteiger partial charge in [0, 0.05) is 31.4 Å². The van der Waals surface area contributed by atoms with Crippen LogP contribution in [0, 0.1) is 0 Å². The van der Waals surface area contributed by atoms with Crippen LogP contribution in [0.4, 0.5) is 5.13 Å². The molecule has 0 aliphatic carbocycles. The molecule has 3 aromatic rings. The van der Waals surface area contributed by atoms with Crippen LogP contribution < -0.4 is 10.5 Å². The number of benzene rings is 1. The molecular weight excluding hydrogens is 358 g/mol. The molecular formula is C20H23N5OS. The Morgan fingerprint density at radius 2 is 1.96 bits per heavy atom. The lowest BCUT2D eigenvalue weighted by Crippen LogP contribution is -2.40. The minimum absolute atomic E-state index is 0.129. The van der Waals surface area contributed by atoms with E-state index in [0.29, 0.717) is 6.04 Å². The van der Waals surface area contributed by atoms with Crippen molar-refractivity contribution in [3.63, 3.8) is 0 Å². The van der Waals surface area contributed by atoms with E-state index in [0.717, 1.165) is 34.1 Å². The van der Waals surface area contributed by atoms with Crippen LogP contribution in [0.25, 0.3) is 15.9 Å². The van der Waals surface area contributed by atoms with Crippen LogP contribution >= 0.6 is 11.3 Å². The van der Waals surface area contributed by atoms with Gasteiger partial charge in [-0.2, -0.15) is 9.78 Å². The third-order valence-electron chi connectivity index (χ3n) is 5.66. The van der Waals surface area contributed by atoms with E-state index in [1.165, 1.54) is 49.5 Å². The van der Waals surface area contributed by atoms with E-state index < -0.39 is 0 Å². The van der Waals surface area contributed by atoms with E-state index in [1.54, 1.807) is 23.6 Å². The van der Waals surface area contributed by atoms with Crippen molar-refractivity contribution in [3.8, 4) is 5.69 Å². The summed E-state index contributed by atoms with van der Waals surface area (Å²) in [4.78, 5) is 22.0. The van der Waals surface area contributed by atoms with E-state index in [4.69, 9.17) is 4.98 Å². The number of thiazole rings is 1. The Morgan fingerprint density at radius 1 is 1.07 bits per heavy atom. The maximum Gasteiger partial charge on any atom is 0.271 e. The van der Waals surface area contributed by atoms with Crippen molar-refractivity contribution in [3.05, 3.63) is 46.9 Å². The van der Waals surface area contributed by atoms with Gasteiger partial charge in [0.1, 0.15) is 0 Å². The number of aromatic nitrogens is 3. The van der Waals surface area contributed by atoms with Gasteiger partial charge in [-0.1, -0.05) is 17.8 Å². The van der Waals surface area contributed by atoms with Crippen molar-refractivity contribution in [2.75, 3.05) is 31.1 Å². The summed E-state index contributed by atoms with van der Waals surface area (Å²) < 4.78 is 2.57. The van der Waals surface area contributed by atoms with Gasteiger partial charge in [0.25, 0.3) is 5.56 Å². The minimum atomic E-state index is -0.129. The van der Waals surface area contributed by atoms with Gasteiger partial charge in [-0.3, -0.25) is 9.69 Å². The molecule has 27 heavy (non-hydrogen) atoms. The molecule has 2 saturated heterocycles. The summed E-state index contributed by atoms with van der Waals surface area (Å²) in [6.07, 6.45) is 6.92. The number of fused-ring (bicyclic) bond motifs is 1. The zero-order valence-corrected chi connectivity index (χ0v) is 16.1. The predicted octanol–water partition coefficient (Wildman–Crippen LogP) is 2.91. The Bertz CT molecular complexity index is 1010. The van der Waals surface area contributed by atoms with Crippen LogP contribution in [0.15, 0.2) is 41.3 Å². The molecule has 0 radical (unpaired) electrons. The van der Waals surface area contributed by atoms with E-state index in [9.17, 15) is 4.79 Å². The van der Waals surface area contributed by atoms with Crippen LogP contribution in [0.5, 0.6) is 0 Å². The van der Waals surface area contributed by atoms with Crippen molar-refractivity contribution in [2.24, 2.45) is 0 Å². The molecule has 0 N–H and O–H groups in total. The molecule has 1 aromatic carbocycles. The monoisotopic (exact) mass is 381 g/mol. The molecule has 1 atom stereocenters. The highest BCUT2D eigenvalue weighted by Gasteiger charge is 2.29. The summed E-state index contributed by atoms with van der Waals surface area (Å²) in [5.74, 6) is 0. The second kappa shape index (κ2) is 7.05. The topological polar surface area (TPSA) is 54.3 Å². The third kappa shape index (κ3) is 3.26. The Kier molecular flexibility index (Phi) is 4.41. The molecule has 4 heterocycles. The Labute approximate surface area is 162 Å². The molecule has 5 rings (SSSR count). The molecule has 7 heteroatoms. The molecule has 2 aliphatic rings. The average molecular weight is 382 g/mol. The standard InChI is InChI=1S/C20H23N5OS/c26-19-5-4-9-21-25(19)15-6-7-18-17(13-15)22-20(27-18)24-12-8-16(14-24)23-10-2-1-3-11-23/h4-7,9,13,16H,1-3,8,10-12,14H2. The fourth-order valence-electron chi connectivity index (χ4n) is 4.22. The molecule has 140 valence electrons. The van der Waals surface area contributed by atoms with Gasteiger partial charge in [0.05, 0.1) is 15.9 Å². The number of nitrogens with zero attached hydrogens (tertiary/aromatic N) is 5. The normalized spacial score (nSPS) is 21.2. The number of piperidine rings is 1.